The van der Waals surface area contributed by atoms with Crippen LogP contribution in [0.2, 0.25) is 0 Å². The van der Waals surface area contributed by atoms with Gasteiger partial charge in [-0.05, 0) is 81.4 Å². The molecule has 4 heterocycles. The van der Waals surface area contributed by atoms with Crippen molar-refractivity contribution in [1.29, 1.82) is 0 Å². The van der Waals surface area contributed by atoms with E-state index < -0.39 is 5.41 Å². The Morgan fingerprint density at radius 2 is 0.949 bits per heavy atom. The van der Waals surface area contributed by atoms with Crippen LogP contribution < -0.4 is 0 Å². The second-order valence-electron chi connectivity index (χ2n) is 15.4. The molecule has 11 aromatic rings. The van der Waals surface area contributed by atoms with E-state index in [-0.39, 0.29) is 0 Å². The number of fused-ring (bicyclic) bond motifs is 15. The third-order valence-corrected chi connectivity index (χ3v) is 12.4. The fourth-order valence-corrected chi connectivity index (χ4v) is 9.88. The van der Waals surface area contributed by atoms with Crippen LogP contribution in [-0.2, 0) is 5.41 Å². The number of benzene rings is 8. The molecule has 0 fully saturated rings. The summed E-state index contributed by atoms with van der Waals surface area (Å²) in [5, 5.41) is 2.27. The van der Waals surface area contributed by atoms with Gasteiger partial charge in [0, 0.05) is 21.9 Å². The molecule has 0 amide bonds. The Bertz CT molecular complexity index is 3450. The van der Waals surface area contributed by atoms with E-state index in [1.807, 2.05) is 60.7 Å². The van der Waals surface area contributed by atoms with Crippen LogP contribution in [0.1, 0.15) is 22.5 Å². The van der Waals surface area contributed by atoms with Gasteiger partial charge in [0.05, 0.1) is 27.8 Å². The monoisotopic (exact) mass is 752 g/mol. The van der Waals surface area contributed by atoms with Gasteiger partial charge in [0.1, 0.15) is 11.2 Å². The maximum absolute atomic E-state index is 5.44. The van der Waals surface area contributed by atoms with Crippen LogP contribution in [0, 0.1) is 0 Å². The van der Waals surface area contributed by atoms with Crippen LogP contribution in [0.25, 0.3) is 89.5 Å². The SMILES string of the molecule is c1ccc(-c2nc(-c3ccccc3)nc(-n3c4ccccc4c4cc(-c5ccc6c(c5)C5(c7ccccc7-6)c6ccccc6-n6c5nc5ccccc56)ccc43)n2)cc1. The van der Waals surface area contributed by atoms with Gasteiger partial charge in [0.25, 0.3) is 0 Å². The summed E-state index contributed by atoms with van der Waals surface area (Å²) in [4.78, 5) is 20.7. The number of rotatable bonds is 4. The molecule has 8 aromatic carbocycles. The molecule has 1 atom stereocenters. The average molecular weight is 753 g/mol. The van der Waals surface area contributed by atoms with E-state index in [2.05, 4.69) is 143 Å². The molecule has 6 nitrogen and oxygen atoms in total. The lowest BCUT2D eigenvalue weighted by atomic mass is 9.72. The number of imidazole rings is 1. The first-order chi connectivity index (χ1) is 29.3. The molecule has 0 bridgehead atoms. The fraction of sp³-hybridized carbons (Fsp3) is 0.0189. The van der Waals surface area contributed by atoms with Crippen LogP contribution in [0.15, 0.2) is 194 Å². The number of para-hydroxylation sites is 4. The van der Waals surface area contributed by atoms with Crippen molar-refractivity contribution in [3.63, 3.8) is 0 Å². The van der Waals surface area contributed by atoms with Crippen molar-refractivity contribution in [3.05, 3.63) is 217 Å². The summed E-state index contributed by atoms with van der Waals surface area (Å²) in [5.41, 5.74) is 15.3. The van der Waals surface area contributed by atoms with Gasteiger partial charge in [-0.2, -0.15) is 9.97 Å². The summed E-state index contributed by atoms with van der Waals surface area (Å²) in [5.74, 6) is 2.89. The lowest BCUT2D eigenvalue weighted by Gasteiger charge is -2.27. The number of nitrogens with zero attached hydrogens (tertiary/aromatic N) is 6. The number of hydrogen-bond acceptors (Lipinski definition) is 4. The molecule has 0 saturated carbocycles. The molecule has 274 valence electrons. The van der Waals surface area contributed by atoms with Crippen molar-refractivity contribution < 1.29 is 0 Å². The molecule has 6 heteroatoms. The highest BCUT2D eigenvalue weighted by atomic mass is 15.2. The van der Waals surface area contributed by atoms with Crippen LogP contribution in [0.5, 0.6) is 0 Å². The summed E-state index contributed by atoms with van der Waals surface area (Å²) in [6.07, 6.45) is 0. The quantitative estimate of drug-likeness (QED) is 0.180. The molecule has 0 radical (unpaired) electrons. The van der Waals surface area contributed by atoms with Crippen LogP contribution in [0.3, 0.4) is 0 Å². The van der Waals surface area contributed by atoms with E-state index in [4.69, 9.17) is 19.9 Å². The van der Waals surface area contributed by atoms with E-state index in [0.29, 0.717) is 17.6 Å². The Kier molecular flexibility index (Phi) is 6.55. The molecule has 59 heavy (non-hydrogen) atoms. The van der Waals surface area contributed by atoms with Gasteiger partial charge < -0.3 is 0 Å². The topological polar surface area (TPSA) is 61.4 Å². The molecular formula is C53H32N6. The predicted molar refractivity (Wildman–Crippen MR) is 236 cm³/mol. The second-order valence-corrected chi connectivity index (χ2v) is 15.4. The molecule has 1 aliphatic carbocycles. The van der Waals surface area contributed by atoms with Crippen molar-refractivity contribution in [1.82, 2.24) is 29.1 Å². The standard InChI is InChI=1S/C53H32N6/c1-3-15-33(16-4-1)49-55-50(34-17-5-2-6-18-34)57-52(56-49)59-45-24-12-8-20-39(45)40-31-35(28-30-46(40)59)36-27-29-38-37-19-7-9-21-41(37)53(43(38)32-36)42-22-10-13-25-47(42)58-48-26-14-11-23-44(48)54-51(53)58/h1-32H. The van der Waals surface area contributed by atoms with E-state index >= 15 is 0 Å². The number of aromatic nitrogens is 6. The first kappa shape index (κ1) is 32.2. The Balaban J connectivity index is 1.03. The largest absolute Gasteiger partial charge is 0.295 e. The van der Waals surface area contributed by atoms with Gasteiger partial charge in [0.2, 0.25) is 5.95 Å². The lowest BCUT2D eigenvalue weighted by Crippen LogP contribution is -2.27. The summed E-state index contributed by atoms with van der Waals surface area (Å²) in [6.45, 7) is 0. The van der Waals surface area contributed by atoms with Gasteiger partial charge >= 0.3 is 0 Å². The van der Waals surface area contributed by atoms with Gasteiger partial charge in [0.15, 0.2) is 11.6 Å². The Morgan fingerprint density at radius 1 is 0.356 bits per heavy atom. The molecule has 3 aromatic heterocycles. The van der Waals surface area contributed by atoms with E-state index in [1.165, 1.54) is 33.5 Å². The first-order valence-corrected chi connectivity index (χ1v) is 20.0. The zero-order chi connectivity index (χ0) is 38.7. The van der Waals surface area contributed by atoms with Crippen molar-refractivity contribution in [2.45, 2.75) is 5.41 Å². The molecule has 2 aliphatic rings. The van der Waals surface area contributed by atoms with Crippen molar-refractivity contribution >= 4 is 32.8 Å². The molecule has 1 unspecified atom stereocenters. The van der Waals surface area contributed by atoms with Crippen LogP contribution in [0.4, 0.5) is 0 Å². The van der Waals surface area contributed by atoms with E-state index in [0.717, 1.165) is 60.9 Å². The molecule has 1 spiro atoms. The van der Waals surface area contributed by atoms with Gasteiger partial charge in [-0.15, -0.1) is 0 Å². The Labute approximate surface area is 339 Å². The summed E-state index contributed by atoms with van der Waals surface area (Å²) >= 11 is 0. The van der Waals surface area contributed by atoms with Crippen LogP contribution >= 0.6 is 0 Å². The predicted octanol–water partition coefficient (Wildman–Crippen LogP) is 12.0. The average Bonchev–Trinajstić information content (AvgIpc) is 4.02. The highest BCUT2D eigenvalue weighted by molar-refractivity contribution is 6.10. The normalized spacial score (nSPS) is 14.8. The highest BCUT2D eigenvalue weighted by Crippen LogP contribution is 2.61. The number of hydrogen-bond donors (Lipinski definition) is 0. The Morgan fingerprint density at radius 3 is 1.75 bits per heavy atom. The minimum absolute atomic E-state index is 0.566. The van der Waals surface area contributed by atoms with Crippen molar-refractivity contribution in [2.75, 3.05) is 0 Å². The first-order valence-electron chi connectivity index (χ1n) is 20.0. The minimum atomic E-state index is -0.566. The zero-order valence-corrected chi connectivity index (χ0v) is 31.7. The Hall–Kier alpha value is -7.96. The van der Waals surface area contributed by atoms with E-state index in [9.17, 15) is 0 Å². The molecule has 1 aliphatic heterocycles. The summed E-state index contributed by atoms with van der Waals surface area (Å²) < 4.78 is 4.57. The summed E-state index contributed by atoms with van der Waals surface area (Å²) in [7, 11) is 0. The van der Waals surface area contributed by atoms with Gasteiger partial charge in [-0.1, -0.05) is 152 Å². The van der Waals surface area contributed by atoms with Crippen molar-refractivity contribution in [2.24, 2.45) is 0 Å². The van der Waals surface area contributed by atoms with Gasteiger partial charge in [-0.25, -0.2) is 9.97 Å². The third-order valence-electron chi connectivity index (χ3n) is 12.4. The second kappa shape index (κ2) is 12.0. The maximum Gasteiger partial charge on any atom is 0.238 e. The van der Waals surface area contributed by atoms with Crippen molar-refractivity contribution in [3.8, 4) is 56.7 Å². The third kappa shape index (κ3) is 4.40. The maximum atomic E-state index is 5.44. The molecular weight excluding hydrogens is 721 g/mol. The zero-order valence-electron chi connectivity index (χ0n) is 31.7. The summed E-state index contributed by atoms with van der Waals surface area (Å²) in [6, 6.07) is 68.9. The fourth-order valence-electron chi connectivity index (χ4n) is 9.88. The van der Waals surface area contributed by atoms with Gasteiger partial charge in [-0.3, -0.25) is 9.13 Å². The molecule has 0 N–H and O–H groups in total. The smallest absolute Gasteiger partial charge is 0.238 e. The van der Waals surface area contributed by atoms with Crippen LogP contribution in [-0.4, -0.2) is 29.1 Å². The highest BCUT2D eigenvalue weighted by Gasteiger charge is 2.54. The lowest BCUT2D eigenvalue weighted by molar-refractivity contribution is 0.738. The molecule has 13 rings (SSSR count). The van der Waals surface area contributed by atoms with E-state index in [1.54, 1.807) is 0 Å². The molecule has 0 saturated heterocycles. The minimum Gasteiger partial charge on any atom is -0.295 e.